The second kappa shape index (κ2) is 8.47. The van der Waals surface area contributed by atoms with Gasteiger partial charge in [0.1, 0.15) is 5.76 Å². The zero-order valence-electron chi connectivity index (χ0n) is 17.3. The van der Waals surface area contributed by atoms with Crippen LogP contribution < -0.4 is 0 Å². The Labute approximate surface area is 184 Å². The second-order valence-electron chi connectivity index (χ2n) is 7.63. The van der Waals surface area contributed by atoms with E-state index in [1.54, 1.807) is 24.3 Å². The summed E-state index contributed by atoms with van der Waals surface area (Å²) in [5.41, 5.74) is 2.57. The van der Waals surface area contributed by atoms with Crippen LogP contribution in [-0.2, 0) is 16.1 Å². The lowest BCUT2D eigenvalue weighted by Gasteiger charge is -2.25. The summed E-state index contributed by atoms with van der Waals surface area (Å²) in [5.74, 6) is -1.80. The third kappa shape index (κ3) is 3.88. The number of Topliss-reactive ketones (excluding diaryl/α,β-unsaturated/α-hetero) is 1. The van der Waals surface area contributed by atoms with Crippen molar-refractivity contribution >= 4 is 23.1 Å². The van der Waals surface area contributed by atoms with Gasteiger partial charge in [0.05, 0.1) is 16.5 Å². The van der Waals surface area contributed by atoms with Gasteiger partial charge in [-0.15, -0.1) is 0 Å². The lowest BCUT2D eigenvalue weighted by Crippen LogP contribution is -2.29. The van der Waals surface area contributed by atoms with Crippen LogP contribution in [0.25, 0.3) is 5.76 Å². The summed E-state index contributed by atoms with van der Waals surface area (Å²) < 4.78 is 0. The molecule has 1 aliphatic rings. The van der Waals surface area contributed by atoms with Gasteiger partial charge in [0.2, 0.25) is 0 Å². The van der Waals surface area contributed by atoms with Crippen molar-refractivity contribution in [2.45, 2.75) is 19.5 Å². The zero-order chi connectivity index (χ0) is 22.8. The minimum absolute atomic E-state index is 0.0383. The fraction of sp³-hybridized carbons (Fsp3) is 0.120. The Bertz CT molecular complexity index is 1220. The summed E-state index contributed by atoms with van der Waals surface area (Å²) in [4.78, 5) is 38.0. The minimum atomic E-state index is -0.877. The topological polar surface area (TPSA) is 101 Å². The molecule has 1 heterocycles. The van der Waals surface area contributed by atoms with E-state index in [1.165, 1.54) is 29.2 Å². The molecule has 0 bridgehead atoms. The van der Waals surface area contributed by atoms with Crippen molar-refractivity contribution in [3.63, 3.8) is 0 Å². The average Bonchev–Trinajstić information content (AvgIpc) is 3.05. The predicted molar refractivity (Wildman–Crippen MR) is 119 cm³/mol. The maximum atomic E-state index is 13.0. The quantitative estimate of drug-likeness (QED) is 0.212. The first-order valence-corrected chi connectivity index (χ1v) is 10.0. The number of ketones is 1. The SMILES string of the molecule is Cc1ccc(C(O)=C2C(=O)C(=O)N(Cc3ccccc3)[C@@H]2c2ccc([N+](=O)[O-])cc2)cc1. The van der Waals surface area contributed by atoms with Crippen LogP contribution in [0.1, 0.15) is 28.3 Å². The maximum absolute atomic E-state index is 13.0. The molecule has 1 fully saturated rings. The van der Waals surface area contributed by atoms with Gasteiger partial charge < -0.3 is 10.0 Å². The van der Waals surface area contributed by atoms with Gasteiger partial charge in [-0.25, -0.2) is 0 Å². The van der Waals surface area contributed by atoms with E-state index in [-0.39, 0.29) is 23.6 Å². The van der Waals surface area contributed by atoms with E-state index in [2.05, 4.69) is 0 Å². The van der Waals surface area contributed by atoms with Crippen molar-refractivity contribution in [3.05, 3.63) is 117 Å². The number of non-ortho nitro benzene ring substituents is 1. The highest BCUT2D eigenvalue weighted by atomic mass is 16.6. The molecule has 160 valence electrons. The van der Waals surface area contributed by atoms with Crippen molar-refractivity contribution in [3.8, 4) is 0 Å². The van der Waals surface area contributed by atoms with Crippen LogP contribution in [0.15, 0.2) is 84.4 Å². The van der Waals surface area contributed by atoms with Crippen LogP contribution in [0.2, 0.25) is 0 Å². The van der Waals surface area contributed by atoms with Crippen molar-refractivity contribution < 1.29 is 19.6 Å². The van der Waals surface area contributed by atoms with E-state index in [1.807, 2.05) is 37.3 Å². The summed E-state index contributed by atoms with van der Waals surface area (Å²) >= 11 is 0. The summed E-state index contributed by atoms with van der Waals surface area (Å²) in [5, 5.41) is 22.1. The van der Waals surface area contributed by atoms with Gasteiger partial charge in [-0.05, 0) is 30.2 Å². The van der Waals surface area contributed by atoms with Crippen LogP contribution in [0, 0.1) is 17.0 Å². The standard InChI is InChI=1S/C25H20N2O5/c1-16-7-9-19(10-8-16)23(28)21-22(18-11-13-20(14-12-18)27(31)32)26(25(30)24(21)29)15-17-5-3-2-4-6-17/h2-14,22,28H,15H2,1H3/t22-/m1/s1. The van der Waals surface area contributed by atoms with Gasteiger partial charge in [-0.2, -0.15) is 0 Å². The summed E-state index contributed by atoms with van der Waals surface area (Å²) in [7, 11) is 0. The second-order valence-corrected chi connectivity index (χ2v) is 7.63. The number of nitrogens with zero attached hydrogens (tertiary/aromatic N) is 2. The number of nitro benzene ring substituents is 1. The van der Waals surface area contributed by atoms with Gasteiger partial charge in [0, 0.05) is 24.2 Å². The number of likely N-dealkylation sites (tertiary alicyclic amines) is 1. The van der Waals surface area contributed by atoms with E-state index in [0.29, 0.717) is 11.1 Å². The molecule has 0 unspecified atom stereocenters. The third-order valence-corrected chi connectivity index (χ3v) is 5.48. The highest BCUT2D eigenvalue weighted by molar-refractivity contribution is 6.46. The number of nitro groups is 1. The summed E-state index contributed by atoms with van der Waals surface area (Å²) in [6, 6.07) is 20.9. The average molecular weight is 428 g/mol. The first-order chi connectivity index (χ1) is 15.4. The number of carbonyl (C=O) groups is 2. The summed E-state index contributed by atoms with van der Waals surface area (Å²) in [6.45, 7) is 2.05. The molecule has 3 aromatic rings. The Hall–Kier alpha value is -4.26. The van der Waals surface area contributed by atoms with E-state index >= 15 is 0 Å². The number of aliphatic hydroxyl groups excluding tert-OH is 1. The number of amides is 1. The van der Waals surface area contributed by atoms with Crippen molar-refractivity contribution in [1.82, 2.24) is 4.90 Å². The third-order valence-electron chi connectivity index (χ3n) is 5.48. The minimum Gasteiger partial charge on any atom is -0.507 e. The van der Waals surface area contributed by atoms with Gasteiger partial charge in [0.15, 0.2) is 0 Å². The highest BCUT2D eigenvalue weighted by Gasteiger charge is 2.46. The molecule has 1 aliphatic heterocycles. The number of benzene rings is 3. The Balaban J connectivity index is 1.85. The van der Waals surface area contributed by atoms with Gasteiger partial charge >= 0.3 is 0 Å². The number of hydrogen-bond acceptors (Lipinski definition) is 5. The molecule has 1 N–H and O–H groups in total. The molecular weight excluding hydrogens is 408 g/mol. The first-order valence-electron chi connectivity index (χ1n) is 10.0. The van der Waals surface area contributed by atoms with Crippen molar-refractivity contribution in [2.24, 2.45) is 0 Å². The van der Waals surface area contributed by atoms with Gasteiger partial charge in [-0.1, -0.05) is 60.2 Å². The van der Waals surface area contributed by atoms with E-state index in [4.69, 9.17) is 0 Å². The van der Waals surface area contributed by atoms with Gasteiger partial charge in [-0.3, -0.25) is 19.7 Å². The zero-order valence-corrected chi connectivity index (χ0v) is 17.3. The van der Waals surface area contributed by atoms with E-state index in [9.17, 15) is 24.8 Å². The molecule has 4 rings (SSSR count). The number of carbonyl (C=O) groups excluding carboxylic acids is 2. The lowest BCUT2D eigenvalue weighted by molar-refractivity contribution is -0.384. The Morgan fingerprint density at radius 2 is 1.59 bits per heavy atom. The molecule has 1 atom stereocenters. The highest BCUT2D eigenvalue weighted by Crippen LogP contribution is 2.40. The molecule has 1 saturated heterocycles. The number of aryl methyl sites for hydroxylation is 1. The number of rotatable bonds is 5. The summed E-state index contributed by atoms with van der Waals surface area (Å²) in [6.07, 6.45) is 0. The van der Waals surface area contributed by atoms with Gasteiger partial charge in [0.25, 0.3) is 17.4 Å². The molecule has 7 heteroatoms. The van der Waals surface area contributed by atoms with Crippen LogP contribution >= 0.6 is 0 Å². The smallest absolute Gasteiger partial charge is 0.295 e. The molecule has 0 spiro atoms. The Morgan fingerprint density at radius 3 is 2.19 bits per heavy atom. The molecule has 0 aromatic heterocycles. The normalized spacial score (nSPS) is 17.5. The monoisotopic (exact) mass is 428 g/mol. The fourth-order valence-electron chi connectivity index (χ4n) is 3.82. The van der Waals surface area contributed by atoms with Crippen LogP contribution in [0.4, 0.5) is 5.69 Å². The Kier molecular flexibility index (Phi) is 5.55. The largest absolute Gasteiger partial charge is 0.507 e. The van der Waals surface area contributed by atoms with Crippen LogP contribution in [0.3, 0.4) is 0 Å². The van der Waals surface area contributed by atoms with E-state index < -0.39 is 22.7 Å². The Morgan fingerprint density at radius 1 is 0.969 bits per heavy atom. The molecule has 32 heavy (non-hydrogen) atoms. The molecule has 0 aliphatic carbocycles. The number of hydrogen-bond donors (Lipinski definition) is 1. The fourth-order valence-corrected chi connectivity index (χ4v) is 3.82. The molecular formula is C25H20N2O5. The molecule has 0 radical (unpaired) electrons. The van der Waals surface area contributed by atoms with Crippen LogP contribution in [-0.4, -0.2) is 26.6 Å². The molecule has 3 aromatic carbocycles. The van der Waals surface area contributed by atoms with E-state index in [0.717, 1.165) is 11.1 Å². The molecule has 7 nitrogen and oxygen atoms in total. The first kappa shape index (κ1) is 21.0. The molecule has 1 amide bonds. The van der Waals surface area contributed by atoms with Crippen LogP contribution in [0.5, 0.6) is 0 Å². The lowest BCUT2D eigenvalue weighted by atomic mass is 9.94. The molecule has 0 saturated carbocycles. The predicted octanol–water partition coefficient (Wildman–Crippen LogP) is 4.53. The maximum Gasteiger partial charge on any atom is 0.295 e. The van der Waals surface area contributed by atoms with Crippen molar-refractivity contribution in [1.29, 1.82) is 0 Å². The van der Waals surface area contributed by atoms with Crippen molar-refractivity contribution in [2.75, 3.05) is 0 Å². The number of aliphatic hydroxyl groups is 1.